The van der Waals surface area contributed by atoms with Crippen LogP contribution < -0.4 is 5.56 Å². The highest BCUT2D eigenvalue weighted by atomic mass is 32.1. The molecule has 27 heavy (non-hydrogen) atoms. The first-order chi connectivity index (χ1) is 12.8. The Bertz CT molecular complexity index is 776. The van der Waals surface area contributed by atoms with Gasteiger partial charge in [-0.15, -0.1) is 11.3 Å². The molecule has 0 saturated carbocycles. The summed E-state index contributed by atoms with van der Waals surface area (Å²) in [7, 11) is 0. The second-order valence-electron chi connectivity index (χ2n) is 8.10. The summed E-state index contributed by atoms with van der Waals surface area (Å²) in [5, 5.41) is 16.7. The number of aliphatic hydroxyl groups is 1. The van der Waals surface area contributed by atoms with Gasteiger partial charge in [-0.3, -0.25) is 14.6 Å². The zero-order valence-corrected chi connectivity index (χ0v) is 17.2. The minimum absolute atomic E-state index is 0.0481. The van der Waals surface area contributed by atoms with Crippen LogP contribution in [0.5, 0.6) is 0 Å². The molecule has 0 amide bonds. The number of aromatic nitrogens is 3. The Labute approximate surface area is 164 Å². The molecule has 0 aliphatic carbocycles. The van der Waals surface area contributed by atoms with Crippen LogP contribution in [0.25, 0.3) is 0 Å². The van der Waals surface area contributed by atoms with Gasteiger partial charge < -0.3 is 5.11 Å². The van der Waals surface area contributed by atoms with E-state index in [0.717, 1.165) is 44.1 Å². The van der Waals surface area contributed by atoms with Crippen LogP contribution in [0.3, 0.4) is 0 Å². The fourth-order valence-electron chi connectivity index (χ4n) is 3.17. The molecule has 148 valence electrons. The number of aliphatic hydroxyl groups excluding tert-OH is 1. The van der Waals surface area contributed by atoms with Crippen LogP contribution in [0.15, 0.2) is 27.8 Å². The Morgan fingerprint density at radius 2 is 1.85 bits per heavy atom. The number of thiazole rings is 1. The molecular weight excluding hydrogens is 362 g/mol. The highest BCUT2D eigenvalue weighted by Crippen LogP contribution is 2.18. The molecule has 3 rings (SSSR count). The van der Waals surface area contributed by atoms with Gasteiger partial charge in [0.2, 0.25) is 0 Å². The van der Waals surface area contributed by atoms with Gasteiger partial charge in [0.25, 0.3) is 5.56 Å². The lowest BCUT2D eigenvalue weighted by Gasteiger charge is -2.35. The van der Waals surface area contributed by atoms with Gasteiger partial charge in [-0.1, -0.05) is 20.8 Å². The summed E-state index contributed by atoms with van der Waals surface area (Å²) in [4.78, 5) is 20.9. The second-order valence-corrected chi connectivity index (χ2v) is 8.82. The van der Waals surface area contributed by atoms with E-state index in [2.05, 4.69) is 40.7 Å². The molecule has 2 aromatic heterocycles. The normalized spacial score (nSPS) is 17.9. The summed E-state index contributed by atoms with van der Waals surface area (Å²) in [5.74, 6) is 0. The molecular formula is C19H29N5O2S. The van der Waals surface area contributed by atoms with E-state index < -0.39 is 6.10 Å². The Kier molecular flexibility index (Phi) is 6.41. The molecule has 3 heterocycles. The summed E-state index contributed by atoms with van der Waals surface area (Å²) in [6.45, 7) is 12.0. The summed E-state index contributed by atoms with van der Waals surface area (Å²) in [6, 6.07) is 3.44. The van der Waals surface area contributed by atoms with E-state index in [1.165, 1.54) is 11.3 Å². The molecule has 2 aromatic rings. The molecule has 1 fully saturated rings. The molecule has 0 aromatic carbocycles. The largest absolute Gasteiger partial charge is 0.385 e. The quantitative estimate of drug-likeness (QED) is 0.801. The van der Waals surface area contributed by atoms with Crippen molar-refractivity contribution >= 4 is 11.3 Å². The van der Waals surface area contributed by atoms with Crippen molar-refractivity contribution in [3.8, 4) is 0 Å². The predicted molar refractivity (Wildman–Crippen MR) is 107 cm³/mol. The van der Waals surface area contributed by atoms with E-state index in [4.69, 9.17) is 0 Å². The lowest BCUT2D eigenvalue weighted by atomic mass is 9.92. The maximum Gasteiger partial charge on any atom is 0.266 e. The molecule has 0 bridgehead atoms. The number of hydrogen-bond acceptors (Lipinski definition) is 7. The van der Waals surface area contributed by atoms with Gasteiger partial charge in [0.05, 0.1) is 23.4 Å². The maximum absolute atomic E-state index is 12.1. The first kappa shape index (κ1) is 20.1. The topological polar surface area (TPSA) is 74.5 Å². The Balaban J connectivity index is 1.48. The lowest BCUT2D eigenvalue weighted by Crippen LogP contribution is -2.48. The Morgan fingerprint density at radius 3 is 2.48 bits per heavy atom. The molecule has 0 radical (unpaired) electrons. The minimum atomic E-state index is -0.522. The zero-order chi connectivity index (χ0) is 19.4. The van der Waals surface area contributed by atoms with Crippen LogP contribution in [-0.2, 0) is 12.0 Å². The van der Waals surface area contributed by atoms with Gasteiger partial charge in [-0.05, 0) is 6.07 Å². The van der Waals surface area contributed by atoms with Crippen molar-refractivity contribution in [2.45, 2.75) is 38.8 Å². The summed E-state index contributed by atoms with van der Waals surface area (Å²) >= 11 is 1.51. The molecule has 1 aliphatic heterocycles. The summed E-state index contributed by atoms with van der Waals surface area (Å²) in [5.41, 5.74) is 3.32. The van der Waals surface area contributed by atoms with Gasteiger partial charge in [-0.2, -0.15) is 5.10 Å². The zero-order valence-electron chi connectivity index (χ0n) is 16.3. The highest BCUT2D eigenvalue weighted by Gasteiger charge is 2.21. The Hall–Kier alpha value is -1.61. The minimum Gasteiger partial charge on any atom is -0.385 e. The van der Waals surface area contributed by atoms with E-state index in [1.807, 2.05) is 11.4 Å². The average Bonchev–Trinajstić information content (AvgIpc) is 3.16. The van der Waals surface area contributed by atoms with Crippen molar-refractivity contribution in [2.24, 2.45) is 0 Å². The van der Waals surface area contributed by atoms with Crippen molar-refractivity contribution in [3.63, 3.8) is 0 Å². The van der Waals surface area contributed by atoms with E-state index in [9.17, 15) is 9.90 Å². The van der Waals surface area contributed by atoms with Crippen LogP contribution in [0.2, 0.25) is 0 Å². The predicted octanol–water partition coefficient (Wildman–Crippen LogP) is 1.35. The van der Waals surface area contributed by atoms with Gasteiger partial charge in [0.15, 0.2) is 0 Å². The summed E-state index contributed by atoms with van der Waals surface area (Å²) in [6.07, 6.45) is -0.522. The van der Waals surface area contributed by atoms with Gasteiger partial charge in [0, 0.05) is 56.1 Å². The van der Waals surface area contributed by atoms with E-state index >= 15 is 0 Å². The molecule has 0 spiro atoms. The third kappa shape index (κ3) is 5.44. The third-order valence-corrected chi connectivity index (χ3v) is 5.56. The van der Waals surface area contributed by atoms with E-state index in [1.54, 1.807) is 16.3 Å². The number of hydrogen-bond donors (Lipinski definition) is 1. The number of rotatable bonds is 6. The smallest absolute Gasteiger partial charge is 0.266 e. The van der Waals surface area contributed by atoms with Crippen LogP contribution in [0.4, 0.5) is 0 Å². The molecule has 8 heteroatoms. The summed E-state index contributed by atoms with van der Waals surface area (Å²) < 4.78 is 1.58. The van der Waals surface area contributed by atoms with Crippen LogP contribution in [0, 0.1) is 0 Å². The Morgan fingerprint density at radius 1 is 1.15 bits per heavy atom. The maximum atomic E-state index is 12.1. The first-order valence-electron chi connectivity index (χ1n) is 9.42. The second kappa shape index (κ2) is 8.60. The fourth-order valence-corrected chi connectivity index (χ4v) is 3.77. The standard InChI is InChI=1S/C19H29N5O2S/c1-19(2,3)17-4-5-18(26)24(21-17)11-10-22-6-8-23(9-7-22)12-16(25)15-13-27-14-20-15/h4-5,13-14,16,25H,6-12H2,1-3H3. The molecule has 1 atom stereocenters. The van der Waals surface area contributed by atoms with Crippen molar-refractivity contribution in [3.05, 3.63) is 44.8 Å². The number of nitrogens with zero attached hydrogens (tertiary/aromatic N) is 5. The lowest BCUT2D eigenvalue weighted by molar-refractivity contribution is 0.0693. The molecule has 1 saturated heterocycles. The van der Waals surface area contributed by atoms with Gasteiger partial charge in [-0.25, -0.2) is 9.67 Å². The monoisotopic (exact) mass is 391 g/mol. The first-order valence-corrected chi connectivity index (χ1v) is 10.4. The van der Waals surface area contributed by atoms with Crippen molar-refractivity contribution in [1.29, 1.82) is 0 Å². The van der Waals surface area contributed by atoms with Gasteiger partial charge >= 0.3 is 0 Å². The third-order valence-electron chi connectivity index (χ3n) is 4.95. The average molecular weight is 392 g/mol. The van der Waals surface area contributed by atoms with Crippen LogP contribution >= 0.6 is 11.3 Å². The van der Waals surface area contributed by atoms with Crippen LogP contribution in [-0.4, -0.2) is 68.9 Å². The highest BCUT2D eigenvalue weighted by molar-refractivity contribution is 7.07. The fraction of sp³-hybridized carbons (Fsp3) is 0.632. The number of piperazine rings is 1. The van der Waals surface area contributed by atoms with Crippen molar-refractivity contribution in [2.75, 3.05) is 39.3 Å². The van der Waals surface area contributed by atoms with Crippen LogP contribution in [0.1, 0.15) is 38.3 Å². The van der Waals surface area contributed by atoms with E-state index in [-0.39, 0.29) is 11.0 Å². The molecule has 7 nitrogen and oxygen atoms in total. The van der Waals surface area contributed by atoms with Gasteiger partial charge in [0.1, 0.15) is 6.10 Å². The molecule has 1 unspecified atom stereocenters. The SMILES string of the molecule is CC(C)(C)c1ccc(=O)n(CCN2CCN(CC(O)c3cscn3)CC2)n1. The molecule has 1 N–H and O–H groups in total. The number of β-amino-alcohol motifs (C(OH)–C–C–N with tert-alkyl or cyclic N) is 1. The van der Waals surface area contributed by atoms with Crippen molar-refractivity contribution in [1.82, 2.24) is 24.6 Å². The molecule has 1 aliphatic rings. The van der Waals surface area contributed by atoms with Crippen molar-refractivity contribution < 1.29 is 5.11 Å². The van der Waals surface area contributed by atoms with E-state index in [0.29, 0.717) is 13.1 Å².